The van der Waals surface area contributed by atoms with E-state index in [1.54, 1.807) is 11.7 Å². The Kier molecular flexibility index (Phi) is 4.83. The molecule has 0 aliphatic carbocycles. The molecule has 0 radical (unpaired) electrons. The summed E-state index contributed by atoms with van der Waals surface area (Å²) in [5.41, 5.74) is 1.03. The van der Waals surface area contributed by atoms with Gasteiger partial charge in [-0.2, -0.15) is 5.10 Å². The number of carbonyl (C=O) groups excluding carboxylic acids is 1. The topological polar surface area (TPSA) is 59.0 Å². The fraction of sp³-hybridized carbons (Fsp3) is 0.600. The first kappa shape index (κ1) is 11.7. The van der Waals surface area contributed by atoms with Gasteiger partial charge in [0, 0.05) is 33.3 Å². The monoisotopic (exact) mass is 210 g/mol. The summed E-state index contributed by atoms with van der Waals surface area (Å²) in [4.78, 5) is 10.9. The van der Waals surface area contributed by atoms with Crippen LogP contribution >= 0.6 is 0 Å². The van der Waals surface area contributed by atoms with E-state index in [1.807, 2.05) is 19.3 Å². The van der Waals surface area contributed by atoms with E-state index in [0.29, 0.717) is 6.42 Å². The number of hydrogen-bond acceptors (Lipinski definition) is 3. The van der Waals surface area contributed by atoms with Gasteiger partial charge in [-0.3, -0.25) is 9.48 Å². The summed E-state index contributed by atoms with van der Waals surface area (Å²) in [5.74, 6) is 0.0923. The fourth-order valence-corrected chi connectivity index (χ4v) is 1.27. The van der Waals surface area contributed by atoms with Gasteiger partial charge in [-0.25, -0.2) is 0 Å². The molecule has 2 N–H and O–H groups in total. The van der Waals surface area contributed by atoms with Crippen LogP contribution in [0.1, 0.15) is 18.5 Å². The summed E-state index contributed by atoms with van der Waals surface area (Å²) < 4.78 is 1.78. The maximum atomic E-state index is 10.9. The smallest absolute Gasteiger partial charge is 0.219 e. The molecule has 0 bridgehead atoms. The molecule has 0 spiro atoms. The number of carbonyl (C=O) groups is 1. The number of hydrogen-bond donors (Lipinski definition) is 2. The third-order valence-electron chi connectivity index (χ3n) is 2.11. The van der Waals surface area contributed by atoms with Gasteiger partial charge in [0.25, 0.3) is 0 Å². The molecule has 1 rings (SSSR count). The van der Waals surface area contributed by atoms with Crippen LogP contribution in [0.3, 0.4) is 0 Å². The van der Waals surface area contributed by atoms with E-state index in [-0.39, 0.29) is 5.91 Å². The Morgan fingerprint density at radius 3 is 3.00 bits per heavy atom. The third-order valence-corrected chi connectivity index (χ3v) is 2.11. The number of aryl methyl sites for hydroxylation is 1. The molecule has 0 aliphatic heterocycles. The van der Waals surface area contributed by atoms with E-state index >= 15 is 0 Å². The summed E-state index contributed by atoms with van der Waals surface area (Å²) in [6.07, 6.45) is 3.35. The molecular weight excluding hydrogens is 192 g/mol. The van der Waals surface area contributed by atoms with Gasteiger partial charge in [-0.1, -0.05) is 0 Å². The number of aromatic nitrogens is 2. The van der Waals surface area contributed by atoms with Crippen LogP contribution in [0.2, 0.25) is 0 Å². The van der Waals surface area contributed by atoms with Crippen molar-refractivity contribution in [3.63, 3.8) is 0 Å². The molecule has 0 atom stereocenters. The minimum Gasteiger partial charge on any atom is -0.359 e. The Labute approximate surface area is 89.9 Å². The lowest BCUT2D eigenvalue weighted by atomic mass is 10.3. The van der Waals surface area contributed by atoms with Crippen molar-refractivity contribution in [2.45, 2.75) is 19.4 Å². The SMILES string of the molecule is CNC(=O)CCCNCc1ccn(C)n1. The molecule has 0 saturated carbocycles. The molecule has 5 heteroatoms. The standard InChI is InChI=1S/C10H18N4O/c1-11-10(15)4-3-6-12-8-9-5-7-14(2)13-9/h5,7,12H,3-4,6,8H2,1-2H3,(H,11,15). The quantitative estimate of drug-likeness (QED) is 0.652. The summed E-state index contributed by atoms with van der Waals surface area (Å²) in [6.45, 7) is 1.60. The Balaban J connectivity index is 2.05. The van der Waals surface area contributed by atoms with E-state index in [9.17, 15) is 4.79 Å². The second kappa shape index (κ2) is 6.19. The fourth-order valence-electron chi connectivity index (χ4n) is 1.27. The van der Waals surface area contributed by atoms with Gasteiger partial charge >= 0.3 is 0 Å². The Morgan fingerprint density at radius 1 is 1.60 bits per heavy atom. The van der Waals surface area contributed by atoms with E-state index in [2.05, 4.69) is 15.7 Å². The van der Waals surface area contributed by atoms with Crippen LogP contribution in [0.5, 0.6) is 0 Å². The van der Waals surface area contributed by atoms with Crippen LogP contribution in [-0.4, -0.2) is 29.3 Å². The Bertz CT molecular complexity index is 308. The maximum Gasteiger partial charge on any atom is 0.219 e. The lowest BCUT2D eigenvalue weighted by molar-refractivity contribution is -0.120. The zero-order valence-corrected chi connectivity index (χ0v) is 9.29. The minimum atomic E-state index is 0.0923. The van der Waals surface area contributed by atoms with Crippen LogP contribution < -0.4 is 10.6 Å². The van der Waals surface area contributed by atoms with E-state index in [1.165, 1.54) is 0 Å². The summed E-state index contributed by atoms with van der Waals surface area (Å²) in [7, 11) is 3.55. The number of nitrogens with zero attached hydrogens (tertiary/aromatic N) is 2. The van der Waals surface area contributed by atoms with Gasteiger partial charge in [-0.15, -0.1) is 0 Å². The Morgan fingerprint density at radius 2 is 2.40 bits per heavy atom. The molecule has 1 aromatic heterocycles. The first-order chi connectivity index (χ1) is 7.22. The highest BCUT2D eigenvalue weighted by molar-refractivity contribution is 5.75. The van der Waals surface area contributed by atoms with Crippen LogP contribution in [0.4, 0.5) is 0 Å². The Hall–Kier alpha value is -1.36. The minimum absolute atomic E-state index is 0.0923. The van der Waals surface area contributed by atoms with Gasteiger partial charge in [0.1, 0.15) is 0 Å². The molecule has 0 fully saturated rings. The van der Waals surface area contributed by atoms with Crippen LogP contribution in [0, 0.1) is 0 Å². The number of nitrogens with one attached hydrogen (secondary N) is 2. The van der Waals surface area contributed by atoms with Crippen LogP contribution in [0.15, 0.2) is 12.3 Å². The highest BCUT2D eigenvalue weighted by Gasteiger charge is 1.98. The number of amides is 1. The van der Waals surface area contributed by atoms with E-state index in [0.717, 1.165) is 25.2 Å². The molecule has 0 aliphatic rings. The summed E-state index contributed by atoms with van der Waals surface area (Å²) in [5, 5.41) is 10.1. The third kappa shape index (κ3) is 4.60. The molecule has 0 unspecified atom stereocenters. The molecule has 0 saturated heterocycles. The van der Waals surface area contributed by atoms with E-state index in [4.69, 9.17) is 0 Å². The highest BCUT2D eigenvalue weighted by Crippen LogP contribution is 1.93. The normalized spacial score (nSPS) is 10.3. The maximum absolute atomic E-state index is 10.9. The lowest BCUT2D eigenvalue weighted by Crippen LogP contribution is -2.21. The molecule has 1 amide bonds. The van der Waals surface area contributed by atoms with Gasteiger partial charge in [-0.05, 0) is 19.0 Å². The zero-order valence-electron chi connectivity index (χ0n) is 9.29. The molecule has 1 heterocycles. The zero-order chi connectivity index (χ0) is 11.1. The van der Waals surface area contributed by atoms with Gasteiger partial charge in [0.05, 0.1) is 5.69 Å². The van der Waals surface area contributed by atoms with Crippen molar-refractivity contribution in [3.8, 4) is 0 Å². The van der Waals surface area contributed by atoms with Crippen molar-refractivity contribution in [3.05, 3.63) is 18.0 Å². The summed E-state index contributed by atoms with van der Waals surface area (Å²) >= 11 is 0. The average Bonchev–Trinajstić information content (AvgIpc) is 2.63. The highest BCUT2D eigenvalue weighted by atomic mass is 16.1. The van der Waals surface area contributed by atoms with Gasteiger partial charge < -0.3 is 10.6 Å². The number of rotatable bonds is 6. The van der Waals surface area contributed by atoms with Crippen molar-refractivity contribution in [2.75, 3.05) is 13.6 Å². The predicted molar refractivity (Wildman–Crippen MR) is 58.2 cm³/mol. The predicted octanol–water partition coefficient (Wildman–Crippen LogP) is 0.0359. The first-order valence-electron chi connectivity index (χ1n) is 5.12. The van der Waals surface area contributed by atoms with E-state index < -0.39 is 0 Å². The van der Waals surface area contributed by atoms with Gasteiger partial charge in [0.2, 0.25) is 5.91 Å². The van der Waals surface area contributed by atoms with Crippen molar-refractivity contribution < 1.29 is 4.79 Å². The molecule has 5 nitrogen and oxygen atoms in total. The van der Waals surface area contributed by atoms with Gasteiger partial charge in [0.15, 0.2) is 0 Å². The summed E-state index contributed by atoms with van der Waals surface area (Å²) in [6, 6.07) is 1.98. The average molecular weight is 210 g/mol. The second-order valence-corrected chi connectivity index (χ2v) is 3.43. The van der Waals surface area contributed by atoms with Crippen molar-refractivity contribution in [1.82, 2.24) is 20.4 Å². The van der Waals surface area contributed by atoms with Crippen LogP contribution in [0.25, 0.3) is 0 Å². The molecule has 84 valence electrons. The van der Waals surface area contributed by atoms with Crippen molar-refractivity contribution in [1.29, 1.82) is 0 Å². The largest absolute Gasteiger partial charge is 0.359 e. The second-order valence-electron chi connectivity index (χ2n) is 3.43. The molecular formula is C10H18N4O. The molecule has 15 heavy (non-hydrogen) atoms. The molecule has 1 aromatic rings. The molecule has 0 aromatic carbocycles. The lowest BCUT2D eigenvalue weighted by Gasteiger charge is -2.02. The first-order valence-corrected chi connectivity index (χ1v) is 5.12. The van der Waals surface area contributed by atoms with Crippen molar-refractivity contribution in [2.24, 2.45) is 7.05 Å². The van der Waals surface area contributed by atoms with Crippen molar-refractivity contribution >= 4 is 5.91 Å². The van der Waals surface area contributed by atoms with Crippen LogP contribution in [-0.2, 0) is 18.4 Å².